The van der Waals surface area contributed by atoms with E-state index in [1.807, 2.05) is 18.6 Å². The van der Waals surface area contributed by atoms with Gasteiger partial charge in [0.05, 0.1) is 0 Å². The summed E-state index contributed by atoms with van der Waals surface area (Å²) in [6.07, 6.45) is 14.5. The molecule has 2 atom stereocenters. The van der Waals surface area contributed by atoms with Crippen LogP contribution in [0.1, 0.15) is 69.3 Å². The third-order valence-electron chi connectivity index (χ3n) is 6.30. The van der Waals surface area contributed by atoms with Crippen LogP contribution in [0.15, 0.2) is 36.8 Å². The monoisotopic (exact) mass is 407 g/mol. The van der Waals surface area contributed by atoms with Gasteiger partial charge in [-0.3, -0.25) is 9.97 Å². The average Bonchev–Trinajstić information content (AvgIpc) is 2.68. The highest BCUT2D eigenvalue weighted by Gasteiger charge is 2.17. The summed E-state index contributed by atoms with van der Waals surface area (Å²) in [5, 5.41) is 3.48. The molecule has 0 aliphatic carbocycles. The van der Waals surface area contributed by atoms with Gasteiger partial charge in [-0.2, -0.15) is 0 Å². The van der Waals surface area contributed by atoms with Crippen LogP contribution in [-0.2, 0) is 25.7 Å². The van der Waals surface area contributed by atoms with E-state index < -0.39 is 0 Å². The van der Waals surface area contributed by atoms with Crippen molar-refractivity contribution in [3.8, 4) is 0 Å². The Kier molecular flexibility index (Phi) is 8.87. The Morgan fingerprint density at radius 1 is 0.867 bits per heavy atom. The molecule has 2 unspecified atom stereocenters. The van der Waals surface area contributed by atoms with E-state index >= 15 is 0 Å². The van der Waals surface area contributed by atoms with Crippen molar-refractivity contribution in [1.82, 2.24) is 15.3 Å². The van der Waals surface area contributed by atoms with Gasteiger partial charge in [-0.1, -0.05) is 33.8 Å². The van der Waals surface area contributed by atoms with Crippen LogP contribution in [0.4, 0.5) is 0 Å². The van der Waals surface area contributed by atoms with Crippen LogP contribution in [-0.4, -0.2) is 23.1 Å². The summed E-state index contributed by atoms with van der Waals surface area (Å²) in [6.45, 7) is 11.7. The summed E-state index contributed by atoms with van der Waals surface area (Å²) in [5.74, 6) is 2.88. The summed E-state index contributed by atoms with van der Waals surface area (Å²) < 4.78 is 0. The number of piperidine rings is 1. The number of hydrogen-bond acceptors (Lipinski definition) is 3. The molecule has 1 N–H and O–H groups in total. The van der Waals surface area contributed by atoms with Gasteiger partial charge in [-0.05, 0) is 111 Å². The molecule has 0 bridgehead atoms. The highest BCUT2D eigenvalue weighted by atomic mass is 14.9. The molecule has 0 radical (unpaired) electrons. The van der Waals surface area contributed by atoms with Crippen LogP contribution in [0.25, 0.3) is 0 Å². The maximum absolute atomic E-state index is 4.68. The average molecular weight is 408 g/mol. The number of nitrogens with zero attached hydrogens (tertiary/aromatic N) is 2. The maximum Gasteiger partial charge on any atom is 0.0409 e. The predicted molar refractivity (Wildman–Crippen MR) is 127 cm³/mol. The number of pyridine rings is 2. The molecule has 1 aliphatic heterocycles. The quantitative estimate of drug-likeness (QED) is 0.552. The van der Waals surface area contributed by atoms with E-state index in [0.717, 1.165) is 31.6 Å². The third-order valence-corrected chi connectivity index (χ3v) is 6.30. The number of hydrogen-bond donors (Lipinski definition) is 1. The van der Waals surface area contributed by atoms with Crippen molar-refractivity contribution in [1.29, 1.82) is 0 Å². The molecule has 3 heterocycles. The molecule has 2 aromatic rings. The fourth-order valence-electron chi connectivity index (χ4n) is 5.01. The zero-order chi connectivity index (χ0) is 21.3. The van der Waals surface area contributed by atoms with Crippen molar-refractivity contribution in [2.45, 2.75) is 72.6 Å². The molecule has 3 heteroatoms. The Labute approximate surface area is 184 Å². The lowest BCUT2D eigenvalue weighted by atomic mass is 9.86. The number of rotatable bonds is 10. The first-order valence-electron chi connectivity index (χ1n) is 12.0. The van der Waals surface area contributed by atoms with Crippen molar-refractivity contribution in [3.63, 3.8) is 0 Å². The van der Waals surface area contributed by atoms with E-state index in [-0.39, 0.29) is 0 Å². The number of nitrogens with one attached hydrogen (secondary N) is 1. The second kappa shape index (κ2) is 11.6. The van der Waals surface area contributed by atoms with Crippen LogP contribution < -0.4 is 5.32 Å². The minimum atomic E-state index is 0.600. The second-order valence-electron chi connectivity index (χ2n) is 10.2. The standard InChI is InChI=1S/C27H41N3/c1-20(2)11-25-16-26(19-29-18-25)14-21(3)13-24-7-10-30-27(17-24)15-22(4)12-23-5-8-28-9-6-23/h7,10,16-23,28H,5-6,8-9,11-15H2,1-4H3. The van der Waals surface area contributed by atoms with Crippen LogP contribution in [0.5, 0.6) is 0 Å². The highest BCUT2D eigenvalue weighted by Crippen LogP contribution is 2.24. The molecule has 1 fully saturated rings. The van der Waals surface area contributed by atoms with Crippen molar-refractivity contribution < 1.29 is 0 Å². The Hall–Kier alpha value is -1.74. The largest absolute Gasteiger partial charge is 0.317 e. The minimum absolute atomic E-state index is 0.600. The summed E-state index contributed by atoms with van der Waals surface area (Å²) in [6, 6.07) is 6.90. The fourth-order valence-corrected chi connectivity index (χ4v) is 5.01. The van der Waals surface area contributed by atoms with E-state index in [0.29, 0.717) is 17.8 Å². The lowest BCUT2D eigenvalue weighted by molar-refractivity contribution is 0.306. The highest BCUT2D eigenvalue weighted by molar-refractivity contribution is 5.21. The van der Waals surface area contributed by atoms with E-state index in [2.05, 4.69) is 61.2 Å². The summed E-state index contributed by atoms with van der Waals surface area (Å²) >= 11 is 0. The summed E-state index contributed by atoms with van der Waals surface area (Å²) in [4.78, 5) is 9.16. The van der Waals surface area contributed by atoms with Gasteiger partial charge in [0.25, 0.3) is 0 Å². The Morgan fingerprint density at radius 2 is 1.57 bits per heavy atom. The van der Waals surface area contributed by atoms with E-state index in [9.17, 15) is 0 Å². The molecular weight excluding hydrogens is 366 g/mol. The van der Waals surface area contributed by atoms with Gasteiger partial charge in [0.15, 0.2) is 0 Å². The van der Waals surface area contributed by atoms with Gasteiger partial charge in [0.2, 0.25) is 0 Å². The molecule has 2 aromatic heterocycles. The van der Waals surface area contributed by atoms with Gasteiger partial charge in [-0.25, -0.2) is 0 Å². The minimum Gasteiger partial charge on any atom is -0.317 e. The Bertz CT molecular complexity index is 764. The molecule has 1 aliphatic rings. The third kappa shape index (κ3) is 7.83. The molecule has 0 aromatic carbocycles. The van der Waals surface area contributed by atoms with E-state index in [4.69, 9.17) is 0 Å². The summed E-state index contributed by atoms with van der Waals surface area (Å²) in [7, 11) is 0. The molecule has 3 nitrogen and oxygen atoms in total. The van der Waals surface area contributed by atoms with Gasteiger partial charge in [-0.15, -0.1) is 0 Å². The zero-order valence-corrected chi connectivity index (χ0v) is 19.5. The van der Waals surface area contributed by atoms with Crippen LogP contribution >= 0.6 is 0 Å². The first kappa shape index (κ1) is 22.9. The topological polar surface area (TPSA) is 37.8 Å². The molecule has 3 rings (SSSR count). The molecule has 0 amide bonds. The smallest absolute Gasteiger partial charge is 0.0409 e. The Balaban J connectivity index is 1.51. The van der Waals surface area contributed by atoms with Crippen LogP contribution in [0.2, 0.25) is 0 Å². The van der Waals surface area contributed by atoms with Gasteiger partial charge in [0, 0.05) is 24.3 Å². The first-order valence-corrected chi connectivity index (χ1v) is 12.0. The van der Waals surface area contributed by atoms with Crippen molar-refractivity contribution in [3.05, 3.63) is 59.2 Å². The van der Waals surface area contributed by atoms with Crippen LogP contribution in [0.3, 0.4) is 0 Å². The number of aromatic nitrogens is 2. The summed E-state index contributed by atoms with van der Waals surface area (Å²) in [5.41, 5.74) is 5.42. The van der Waals surface area contributed by atoms with Crippen molar-refractivity contribution in [2.75, 3.05) is 13.1 Å². The molecule has 0 saturated carbocycles. The fraction of sp³-hybridized carbons (Fsp3) is 0.630. The normalized spacial score (nSPS) is 17.2. The van der Waals surface area contributed by atoms with Crippen LogP contribution in [0, 0.1) is 23.7 Å². The van der Waals surface area contributed by atoms with E-state index in [1.165, 1.54) is 54.7 Å². The van der Waals surface area contributed by atoms with Gasteiger partial charge < -0.3 is 5.32 Å². The van der Waals surface area contributed by atoms with Gasteiger partial charge in [0.1, 0.15) is 0 Å². The SMILES string of the molecule is CC(C)Cc1cncc(CC(C)Cc2ccnc(CC(C)CC3CCNCC3)c2)c1. The zero-order valence-electron chi connectivity index (χ0n) is 19.5. The maximum atomic E-state index is 4.68. The lowest BCUT2D eigenvalue weighted by Crippen LogP contribution is -2.28. The van der Waals surface area contributed by atoms with E-state index in [1.54, 1.807) is 0 Å². The van der Waals surface area contributed by atoms with Crippen molar-refractivity contribution in [2.24, 2.45) is 23.7 Å². The molecule has 1 saturated heterocycles. The lowest BCUT2D eigenvalue weighted by Gasteiger charge is -2.25. The van der Waals surface area contributed by atoms with Gasteiger partial charge >= 0.3 is 0 Å². The molecular formula is C27H41N3. The van der Waals surface area contributed by atoms with Crippen molar-refractivity contribution >= 4 is 0 Å². The first-order chi connectivity index (χ1) is 14.5. The molecule has 0 spiro atoms. The second-order valence-corrected chi connectivity index (χ2v) is 10.2. The molecule has 164 valence electrons. The predicted octanol–water partition coefficient (Wildman–Crippen LogP) is 5.66. The Morgan fingerprint density at radius 3 is 2.30 bits per heavy atom. The molecule has 30 heavy (non-hydrogen) atoms.